The number of hydrogen-bond acceptors (Lipinski definition) is 4. The van der Waals surface area contributed by atoms with Crippen molar-refractivity contribution in [1.29, 1.82) is 0 Å². The van der Waals surface area contributed by atoms with E-state index >= 15 is 0 Å². The second kappa shape index (κ2) is 5.86. The van der Waals surface area contributed by atoms with Crippen LogP contribution in [0.25, 0.3) is 0 Å². The van der Waals surface area contributed by atoms with Crippen LogP contribution in [0.1, 0.15) is 29.6 Å². The van der Waals surface area contributed by atoms with Crippen LogP contribution in [0.3, 0.4) is 0 Å². The minimum atomic E-state index is -0.997. The maximum atomic E-state index is 13.3. The molecule has 1 fully saturated rings. The van der Waals surface area contributed by atoms with Gasteiger partial charge < -0.3 is 10.4 Å². The largest absolute Gasteiger partial charge is 0.481 e. The van der Waals surface area contributed by atoms with E-state index in [9.17, 15) is 24.1 Å². The van der Waals surface area contributed by atoms with Gasteiger partial charge in [-0.2, -0.15) is 0 Å². The molecule has 0 bridgehead atoms. The van der Waals surface area contributed by atoms with Crippen molar-refractivity contribution in [2.24, 2.45) is 5.92 Å². The van der Waals surface area contributed by atoms with Crippen LogP contribution in [0.2, 0.25) is 0 Å². The zero-order valence-corrected chi connectivity index (χ0v) is 10.9. The predicted octanol–water partition coefficient (Wildman–Crippen LogP) is 1.72. The monoisotopic (exact) mass is 296 g/mol. The number of benzene rings is 1. The van der Waals surface area contributed by atoms with E-state index in [4.69, 9.17) is 5.11 Å². The molecule has 1 aliphatic rings. The number of nitrogens with zero attached hydrogens (tertiary/aromatic N) is 1. The summed E-state index contributed by atoms with van der Waals surface area (Å²) in [6.45, 7) is 0. The third-order valence-corrected chi connectivity index (χ3v) is 3.51. The van der Waals surface area contributed by atoms with Gasteiger partial charge in [-0.15, -0.1) is 0 Å². The summed E-state index contributed by atoms with van der Waals surface area (Å²) < 4.78 is 13.3. The summed E-state index contributed by atoms with van der Waals surface area (Å²) in [6, 6.07) is 2.01. The van der Waals surface area contributed by atoms with E-state index in [1.54, 1.807) is 0 Å². The lowest BCUT2D eigenvalue weighted by Crippen LogP contribution is -2.40. The molecular formula is C13H13FN2O5. The third kappa shape index (κ3) is 3.33. The molecule has 0 spiro atoms. The highest BCUT2D eigenvalue weighted by Gasteiger charge is 2.34. The quantitative estimate of drug-likeness (QED) is 0.649. The number of non-ortho nitro benzene ring substituents is 1. The second-order valence-corrected chi connectivity index (χ2v) is 4.91. The van der Waals surface area contributed by atoms with Crippen molar-refractivity contribution in [1.82, 2.24) is 5.32 Å². The summed E-state index contributed by atoms with van der Waals surface area (Å²) in [4.78, 5) is 32.9. The minimum Gasteiger partial charge on any atom is -0.481 e. The summed E-state index contributed by atoms with van der Waals surface area (Å²) >= 11 is 0. The molecule has 0 aliphatic heterocycles. The number of halogens is 1. The molecule has 1 aromatic rings. The molecule has 1 amide bonds. The zero-order chi connectivity index (χ0) is 15.6. The minimum absolute atomic E-state index is 0.197. The molecule has 0 heterocycles. The van der Waals surface area contributed by atoms with Gasteiger partial charge in [-0.3, -0.25) is 19.7 Å². The van der Waals surface area contributed by atoms with Crippen molar-refractivity contribution in [3.05, 3.63) is 39.7 Å². The number of hydrogen-bond donors (Lipinski definition) is 2. The van der Waals surface area contributed by atoms with Gasteiger partial charge in [0.25, 0.3) is 11.6 Å². The molecule has 2 atom stereocenters. The Morgan fingerprint density at radius 1 is 1.33 bits per heavy atom. The molecule has 112 valence electrons. The maximum absolute atomic E-state index is 13.3. The molecule has 8 heteroatoms. The molecule has 0 saturated heterocycles. The van der Waals surface area contributed by atoms with Gasteiger partial charge in [-0.05, 0) is 18.9 Å². The van der Waals surface area contributed by atoms with Gasteiger partial charge in [0.15, 0.2) is 0 Å². The Hall–Kier alpha value is -2.51. The van der Waals surface area contributed by atoms with Crippen LogP contribution in [0, 0.1) is 21.8 Å². The number of rotatable bonds is 4. The molecule has 1 aromatic carbocycles. The highest BCUT2D eigenvalue weighted by molar-refractivity contribution is 5.95. The number of carbonyl (C=O) groups excluding carboxylic acids is 1. The Labute approximate surface area is 118 Å². The molecule has 2 unspecified atom stereocenters. The molecule has 2 N–H and O–H groups in total. The second-order valence-electron chi connectivity index (χ2n) is 4.91. The summed E-state index contributed by atoms with van der Waals surface area (Å²) in [5, 5.41) is 22.2. The number of carboxylic acid groups (broad SMARTS) is 1. The van der Waals surface area contributed by atoms with Gasteiger partial charge in [0.1, 0.15) is 5.82 Å². The molecule has 7 nitrogen and oxygen atoms in total. The van der Waals surface area contributed by atoms with E-state index in [-0.39, 0.29) is 5.56 Å². The number of nitro groups is 1. The smallest absolute Gasteiger partial charge is 0.308 e. The van der Waals surface area contributed by atoms with Crippen molar-refractivity contribution < 1.29 is 24.0 Å². The highest BCUT2D eigenvalue weighted by Crippen LogP contribution is 2.26. The van der Waals surface area contributed by atoms with Crippen LogP contribution in [0.4, 0.5) is 10.1 Å². The average Bonchev–Trinajstić information content (AvgIpc) is 2.86. The average molecular weight is 296 g/mol. The fourth-order valence-corrected chi connectivity index (χ4v) is 2.49. The van der Waals surface area contributed by atoms with E-state index < -0.39 is 40.3 Å². The number of aliphatic carboxylic acids is 1. The molecule has 0 radical (unpaired) electrons. The summed E-state index contributed by atoms with van der Waals surface area (Å²) in [5.41, 5.74) is -0.723. The Morgan fingerprint density at radius 3 is 2.67 bits per heavy atom. The molecule has 0 aromatic heterocycles. The maximum Gasteiger partial charge on any atom is 0.308 e. The SMILES string of the molecule is O=C(NC1CCCC1C(=O)O)c1cc(F)cc([N+](=O)[O-])c1. The molecule has 1 aliphatic carbocycles. The van der Waals surface area contributed by atoms with Gasteiger partial charge in [0, 0.05) is 17.7 Å². The van der Waals surface area contributed by atoms with Crippen LogP contribution in [-0.2, 0) is 4.79 Å². The first-order valence-electron chi connectivity index (χ1n) is 6.37. The van der Waals surface area contributed by atoms with Crippen molar-refractivity contribution in [2.75, 3.05) is 0 Å². The number of nitrogens with one attached hydrogen (secondary N) is 1. The third-order valence-electron chi connectivity index (χ3n) is 3.51. The molecule has 1 saturated carbocycles. The fraction of sp³-hybridized carbons (Fsp3) is 0.385. The van der Waals surface area contributed by atoms with E-state index in [1.807, 2.05) is 0 Å². The van der Waals surface area contributed by atoms with Gasteiger partial charge in [0.2, 0.25) is 0 Å². The van der Waals surface area contributed by atoms with Crippen molar-refractivity contribution >= 4 is 17.6 Å². The lowest BCUT2D eigenvalue weighted by Gasteiger charge is -2.17. The van der Waals surface area contributed by atoms with Crippen LogP contribution >= 0.6 is 0 Å². The first-order valence-corrected chi connectivity index (χ1v) is 6.37. The van der Waals surface area contributed by atoms with E-state index in [2.05, 4.69) is 5.32 Å². The number of carbonyl (C=O) groups is 2. The fourth-order valence-electron chi connectivity index (χ4n) is 2.49. The number of carboxylic acids is 1. The summed E-state index contributed by atoms with van der Waals surface area (Å²) in [5.74, 6) is -3.29. The lowest BCUT2D eigenvalue weighted by molar-refractivity contribution is -0.385. The van der Waals surface area contributed by atoms with Crippen LogP contribution in [0.5, 0.6) is 0 Å². The van der Waals surface area contributed by atoms with Crippen molar-refractivity contribution in [3.63, 3.8) is 0 Å². The predicted molar refractivity (Wildman–Crippen MR) is 69.3 cm³/mol. The Morgan fingerprint density at radius 2 is 2.05 bits per heavy atom. The van der Waals surface area contributed by atoms with E-state index in [1.165, 1.54) is 0 Å². The van der Waals surface area contributed by atoms with Crippen molar-refractivity contribution in [2.45, 2.75) is 25.3 Å². The molecular weight excluding hydrogens is 283 g/mol. The Balaban J connectivity index is 2.17. The van der Waals surface area contributed by atoms with Gasteiger partial charge >= 0.3 is 5.97 Å². The van der Waals surface area contributed by atoms with Crippen molar-refractivity contribution in [3.8, 4) is 0 Å². The molecule has 21 heavy (non-hydrogen) atoms. The standard InChI is InChI=1S/C13H13FN2O5/c14-8-4-7(5-9(6-8)16(20)21)12(17)15-11-3-1-2-10(11)13(18)19/h4-6,10-11H,1-3H2,(H,15,17)(H,18,19). The number of amides is 1. The Kier molecular flexibility index (Phi) is 4.15. The first kappa shape index (κ1) is 14.9. The van der Waals surface area contributed by atoms with E-state index in [0.29, 0.717) is 25.3 Å². The lowest BCUT2D eigenvalue weighted by atomic mass is 10.0. The topological polar surface area (TPSA) is 110 Å². The normalized spacial score (nSPS) is 21.0. The summed E-state index contributed by atoms with van der Waals surface area (Å²) in [6.07, 6.45) is 1.65. The molecule has 2 rings (SSSR count). The highest BCUT2D eigenvalue weighted by atomic mass is 19.1. The zero-order valence-electron chi connectivity index (χ0n) is 10.9. The van der Waals surface area contributed by atoms with Crippen LogP contribution in [0.15, 0.2) is 18.2 Å². The first-order chi connectivity index (χ1) is 9.88. The van der Waals surface area contributed by atoms with E-state index in [0.717, 1.165) is 12.1 Å². The number of nitro benzene ring substituents is 1. The Bertz CT molecular complexity index is 604. The summed E-state index contributed by atoms with van der Waals surface area (Å²) in [7, 11) is 0. The van der Waals surface area contributed by atoms with Gasteiger partial charge in [-0.25, -0.2) is 4.39 Å². The van der Waals surface area contributed by atoms with Crippen LogP contribution < -0.4 is 5.32 Å². The van der Waals surface area contributed by atoms with Gasteiger partial charge in [0.05, 0.1) is 16.9 Å². The van der Waals surface area contributed by atoms with Gasteiger partial charge in [-0.1, -0.05) is 6.42 Å². The van der Waals surface area contributed by atoms with Crippen LogP contribution in [-0.4, -0.2) is 27.9 Å².